The molecule has 0 amide bonds. The first-order chi connectivity index (χ1) is 13.9. The summed E-state index contributed by atoms with van der Waals surface area (Å²) in [6.07, 6.45) is 11.2. The zero-order valence-corrected chi connectivity index (χ0v) is 17.6. The number of ether oxygens (including phenoxy) is 1. The van der Waals surface area contributed by atoms with Crippen LogP contribution in [0.3, 0.4) is 0 Å². The summed E-state index contributed by atoms with van der Waals surface area (Å²) in [5, 5.41) is 20.7. The van der Waals surface area contributed by atoms with Gasteiger partial charge in [-0.05, 0) is 30.2 Å². The average molecular weight is 399 g/mol. The van der Waals surface area contributed by atoms with E-state index in [2.05, 4.69) is 13.8 Å². The molecule has 1 heterocycles. The fourth-order valence-electron chi connectivity index (χ4n) is 3.84. The Bertz CT molecular complexity index is 707. The number of aliphatic hydroxyl groups excluding tert-OH is 2. The van der Waals surface area contributed by atoms with Crippen LogP contribution in [0.5, 0.6) is 0 Å². The molecule has 0 saturated heterocycles. The topological polar surface area (TPSA) is 66.8 Å². The summed E-state index contributed by atoms with van der Waals surface area (Å²) in [6, 6.07) is 9.94. The van der Waals surface area contributed by atoms with E-state index in [9.17, 15) is 15.0 Å². The van der Waals surface area contributed by atoms with Crippen molar-refractivity contribution in [3.05, 3.63) is 66.3 Å². The first-order valence-electron chi connectivity index (χ1n) is 10.6. The normalized spacial score (nSPS) is 23.8. The van der Waals surface area contributed by atoms with E-state index < -0.39 is 12.2 Å². The van der Waals surface area contributed by atoms with Gasteiger partial charge in [-0.15, -0.1) is 0 Å². The van der Waals surface area contributed by atoms with Crippen LogP contribution in [0.25, 0.3) is 6.08 Å². The lowest BCUT2D eigenvalue weighted by molar-refractivity contribution is -0.150. The van der Waals surface area contributed by atoms with Gasteiger partial charge in [0.05, 0.1) is 12.2 Å². The Labute approximate surface area is 174 Å². The molecular weight excluding hydrogens is 364 g/mol. The van der Waals surface area contributed by atoms with E-state index in [-0.39, 0.29) is 36.2 Å². The zero-order valence-electron chi connectivity index (χ0n) is 17.6. The van der Waals surface area contributed by atoms with Crippen LogP contribution in [-0.4, -0.2) is 34.5 Å². The highest BCUT2D eigenvalue weighted by Crippen LogP contribution is 2.30. The van der Waals surface area contributed by atoms with Gasteiger partial charge in [0, 0.05) is 18.4 Å². The van der Waals surface area contributed by atoms with Crippen molar-refractivity contribution in [3.63, 3.8) is 0 Å². The summed E-state index contributed by atoms with van der Waals surface area (Å²) in [5.41, 5.74) is 1.10. The van der Waals surface area contributed by atoms with E-state index in [1.54, 1.807) is 12.2 Å². The summed E-state index contributed by atoms with van der Waals surface area (Å²) < 4.78 is 5.54. The molecule has 0 fully saturated rings. The predicted molar refractivity (Wildman–Crippen MR) is 117 cm³/mol. The van der Waals surface area contributed by atoms with Gasteiger partial charge in [-0.1, -0.05) is 81.5 Å². The molecule has 0 spiro atoms. The largest absolute Gasteiger partial charge is 0.458 e. The van der Waals surface area contributed by atoms with Crippen LogP contribution >= 0.6 is 0 Å². The maximum absolute atomic E-state index is 11.6. The number of hydrogen-bond donors (Lipinski definition) is 2. The standard InChI is InChI=1S/C25H34O4/c1-4-21-14-15-24(28)29-25(21)19(3)16-18(2)23(27)17-22(26)13-9-8-12-20-10-6-5-7-11-20/h5-15,18-19,21-23,25-27H,4,16-17H2,1-3H3/b12-8+,13-9+/t18-,19+,21-,22-,23+,25?/m1/s1. The molecule has 0 aliphatic carbocycles. The van der Waals surface area contributed by atoms with Gasteiger partial charge in [-0.3, -0.25) is 0 Å². The SMILES string of the molecule is CC[C@@H]1C=CC(=O)OC1[C@@H](C)C[C@@H](C)[C@@H](O)C[C@H](O)/C=C/C=C/c1ccccc1. The highest BCUT2D eigenvalue weighted by atomic mass is 16.5. The molecule has 0 bridgehead atoms. The lowest BCUT2D eigenvalue weighted by Crippen LogP contribution is -2.36. The monoisotopic (exact) mass is 398 g/mol. The van der Waals surface area contributed by atoms with Crippen LogP contribution in [0.1, 0.15) is 45.6 Å². The summed E-state index contributed by atoms with van der Waals surface area (Å²) in [4.78, 5) is 11.6. The third-order valence-corrected chi connectivity index (χ3v) is 5.60. The second-order valence-electron chi connectivity index (χ2n) is 8.05. The number of esters is 1. The van der Waals surface area contributed by atoms with Crippen molar-refractivity contribution in [1.82, 2.24) is 0 Å². The van der Waals surface area contributed by atoms with Gasteiger partial charge in [0.15, 0.2) is 0 Å². The number of benzene rings is 1. The van der Waals surface area contributed by atoms with Gasteiger partial charge >= 0.3 is 5.97 Å². The highest BCUT2D eigenvalue weighted by Gasteiger charge is 2.32. The van der Waals surface area contributed by atoms with Crippen LogP contribution in [0.15, 0.2) is 60.7 Å². The van der Waals surface area contributed by atoms with E-state index in [1.807, 2.05) is 55.5 Å². The third-order valence-electron chi connectivity index (χ3n) is 5.60. The molecule has 1 aromatic carbocycles. The summed E-state index contributed by atoms with van der Waals surface area (Å²) in [7, 11) is 0. The van der Waals surface area contributed by atoms with Crippen LogP contribution in [0.4, 0.5) is 0 Å². The second-order valence-corrected chi connectivity index (χ2v) is 8.05. The van der Waals surface area contributed by atoms with Gasteiger partial charge < -0.3 is 14.9 Å². The van der Waals surface area contributed by atoms with E-state index in [0.717, 1.165) is 18.4 Å². The van der Waals surface area contributed by atoms with Gasteiger partial charge in [-0.2, -0.15) is 0 Å². The van der Waals surface area contributed by atoms with Crippen molar-refractivity contribution >= 4 is 12.0 Å². The van der Waals surface area contributed by atoms with E-state index in [1.165, 1.54) is 6.08 Å². The molecule has 1 aliphatic rings. The van der Waals surface area contributed by atoms with Crippen molar-refractivity contribution in [2.45, 2.75) is 58.3 Å². The van der Waals surface area contributed by atoms with E-state index >= 15 is 0 Å². The molecule has 1 aliphatic heterocycles. The maximum Gasteiger partial charge on any atom is 0.330 e. The first-order valence-corrected chi connectivity index (χ1v) is 10.6. The molecule has 0 radical (unpaired) electrons. The van der Waals surface area contributed by atoms with Crippen molar-refractivity contribution in [3.8, 4) is 0 Å². The smallest absolute Gasteiger partial charge is 0.330 e. The third kappa shape index (κ3) is 7.64. The number of hydrogen-bond acceptors (Lipinski definition) is 4. The van der Waals surface area contributed by atoms with Gasteiger partial charge in [0.1, 0.15) is 6.10 Å². The van der Waals surface area contributed by atoms with Crippen LogP contribution in [0, 0.1) is 17.8 Å². The Balaban J connectivity index is 1.80. The summed E-state index contributed by atoms with van der Waals surface area (Å²) in [6.45, 7) is 6.13. The predicted octanol–water partition coefficient (Wildman–Crippen LogP) is 4.54. The lowest BCUT2D eigenvalue weighted by atomic mass is 9.81. The Morgan fingerprint density at radius 3 is 2.52 bits per heavy atom. The van der Waals surface area contributed by atoms with Crippen molar-refractivity contribution in [2.75, 3.05) is 0 Å². The Morgan fingerprint density at radius 1 is 1.10 bits per heavy atom. The molecular formula is C25H34O4. The van der Waals surface area contributed by atoms with Crippen LogP contribution in [0.2, 0.25) is 0 Å². The van der Waals surface area contributed by atoms with Crippen LogP contribution in [-0.2, 0) is 9.53 Å². The Morgan fingerprint density at radius 2 is 1.83 bits per heavy atom. The molecule has 1 unspecified atom stereocenters. The lowest BCUT2D eigenvalue weighted by Gasteiger charge is -2.33. The Kier molecular flexibility index (Phi) is 9.36. The molecule has 4 heteroatoms. The molecule has 1 aromatic rings. The summed E-state index contributed by atoms with van der Waals surface area (Å²) >= 11 is 0. The molecule has 158 valence electrons. The summed E-state index contributed by atoms with van der Waals surface area (Å²) in [5.74, 6) is 0.0656. The van der Waals surface area contributed by atoms with E-state index in [0.29, 0.717) is 0 Å². The van der Waals surface area contributed by atoms with Gasteiger partial charge in [0.2, 0.25) is 0 Å². The first kappa shape index (κ1) is 23.1. The van der Waals surface area contributed by atoms with Crippen LogP contribution < -0.4 is 0 Å². The minimum atomic E-state index is -0.706. The molecule has 6 atom stereocenters. The molecule has 0 aromatic heterocycles. The van der Waals surface area contributed by atoms with Gasteiger partial charge in [0.25, 0.3) is 0 Å². The fourth-order valence-corrected chi connectivity index (χ4v) is 3.84. The molecule has 29 heavy (non-hydrogen) atoms. The number of cyclic esters (lactones) is 1. The minimum Gasteiger partial charge on any atom is -0.458 e. The number of allylic oxidation sites excluding steroid dienone is 2. The van der Waals surface area contributed by atoms with Crippen molar-refractivity contribution in [2.24, 2.45) is 17.8 Å². The number of rotatable bonds is 10. The molecule has 2 N–H and O–H groups in total. The minimum absolute atomic E-state index is 0.00461. The molecule has 2 rings (SSSR count). The molecule has 4 nitrogen and oxygen atoms in total. The molecule has 0 saturated carbocycles. The van der Waals surface area contributed by atoms with Crippen molar-refractivity contribution in [1.29, 1.82) is 0 Å². The second kappa shape index (κ2) is 11.7. The van der Waals surface area contributed by atoms with E-state index in [4.69, 9.17) is 4.74 Å². The highest BCUT2D eigenvalue weighted by molar-refractivity contribution is 5.83. The number of aliphatic hydroxyl groups is 2. The van der Waals surface area contributed by atoms with Crippen molar-refractivity contribution < 1.29 is 19.7 Å². The quantitative estimate of drug-likeness (QED) is 0.449. The van der Waals surface area contributed by atoms with Gasteiger partial charge in [-0.25, -0.2) is 4.79 Å². The number of carbonyl (C=O) groups excluding carboxylic acids is 1. The number of carbonyl (C=O) groups is 1. The zero-order chi connectivity index (χ0) is 21.2. The Hall–Kier alpha value is -2.17. The average Bonchev–Trinajstić information content (AvgIpc) is 2.71. The maximum atomic E-state index is 11.6. The fraction of sp³-hybridized carbons (Fsp3) is 0.480.